The maximum Gasteiger partial charge on any atom is 0.257 e. The molecule has 186 valence electrons. The maximum atomic E-state index is 12.6. The van der Waals surface area contributed by atoms with E-state index in [2.05, 4.69) is 48.4 Å². The van der Waals surface area contributed by atoms with Gasteiger partial charge in [0.2, 0.25) is 0 Å². The number of nitrogens with zero attached hydrogens (tertiary/aromatic N) is 3. The summed E-state index contributed by atoms with van der Waals surface area (Å²) in [5, 5.41) is 4.46. The molecule has 1 heterocycles. The zero-order chi connectivity index (χ0) is 26.0. The molecule has 0 spiro atoms. The molecule has 0 aliphatic rings. The average molecular weight is 485 g/mol. The summed E-state index contributed by atoms with van der Waals surface area (Å²) < 4.78 is 11.3. The molecular weight excluding hydrogens is 452 g/mol. The van der Waals surface area contributed by atoms with Crippen molar-refractivity contribution in [2.45, 2.75) is 26.8 Å². The largest absolute Gasteiger partial charge is 0.496 e. The molecule has 0 saturated heterocycles. The quantitative estimate of drug-likeness (QED) is 0.357. The number of carbonyl (C=O) groups excluding carboxylic acids is 1. The van der Waals surface area contributed by atoms with Crippen molar-refractivity contribution in [3.05, 3.63) is 77.1 Å². The summed E-state index contributed by atoms with van der Waals surface area (Å²) in [6.07, 6.45) is 0. The molecule has 7 nitrogen and oxygen atoms in total. The molecule has 0 unspecified atom stereocenters. The highest BCUT2D eigenvalue weighted by molar-refractivity contribution is 5.99. The predicted octanol–water partition coefficient (Wildman–Crippen LogP) is 5.81. The molecule has 4 aromatic rings. The minimum atomic E-state index is -0.121. The topological polar surface area (TPSA) is 76.6 Å². The van der Waals surface area contributed by atoms with Crippen LogP contribution in [0.1, 0.15) is 40.3 Å². The number of fused-ring (bicyclic) bond motifs is 1. The van der Waals surface area contributed by atoms with Crippen molar-refractivity contribution in [1.82, 2.24) is 14.9 Å². The lowest BCUT2D eigenvalue weighted by molar-refractivity contribution is 0.0824. The Bertz CT molecular complexity index is 1430. The fraction of sp³-hybridized carbons (Fsp3) is 0.276. The molecule has 1 atom stereocenters. The van der Waals surface area contributed by atoms with Gasteiger partial charge in [0.25, 0.3) is 5.91 Å². The standard InChI is InChI=1S/C29H32N4O3/c1-17-9-8-10-20(13-17)18(2)30-28-24-15-23(27(36-7)16-25(24)31-19(3)32-28)21-11-12-22(26(14-21)35-6)29(34)33(4)5/h8-16,18H,1-7H3,(H,30,31,32)/t18-/m1/s1. The van der Waals surface area contributed by atoms with E-state index in [4.69, 9.17) is 14.5 Å². The Morgan fingerprint density at radius 3 is 2.36 bits per heavy atom. The molecule has 1 aromatic heterocycles. The first-order valence-corrected chi connectivity index (χ1v) is 11.8. The van der Waals surface area contributed by atoms with Crippen LogP contribution < -0.4 is 14.8 Å². The van der Waals surface area contributed by atoms with Crippen LogP contribution in [-0.2, 0) is 0 Å². The fourth-order valence-corrected chi connectivity index (χ4v) is 4.28. The Labute approximate surface area is 212 Å². The number of methoxy groups -OCH3 is 2. The van der Waals surface area contributed by atoms with E-state index in [9.17, 15) is 4.79 Å². The van der Waals surface area contributed by atoms with Crippen molar-refractivity contribution in [3.63, 3.8) is 0 Å². The van der Waals surface area contributed by atoms with E-state index in [0.29, 0.717) is 22.9 Å². The van der Waals surface area contributed by atoms with Gasteiger partial charge in [-0.1, -0.05) is 35.9 Å². The smallest absolute Gasteiger partial charge is 0.257 e. The van der Waals surface area contributed by atoms with Gasteiger partial charge in [-0.25, -0.2) is 9.97 Å². The second kappa shape index (κ2) is 10.2. The number of hydrogen-bond donors (Lipinski definition) is 1. The first-order valence-electron chi connectivity index (χ1n) is 11.8. The second-order valence-electron chi connectivity index (χ2n) is 9.08. The van der Waals surface area contributed by atoms with Crippen molar-refractivity contribution in [1.29, 1.82) is 0 Å². The lowest BCUT2D eigenvalue weighted by atomic mass is 9.99. The molecule has 0 radical (unpaired) electrons. The zero-order valence-electron chi connectivity index (χ0n) is 21.8. The number of aromatic nitrogens is 2. The van der Waals surface area contributed by atoms with Gasteiger partial charge < -0.3 is 19.7 Å². The van der Waals surface area contributed by atoms with Crippen LogP contribution in [0.3, 0.4) is 0 Å². The summed E-state index contributed by atoms with van der Waals surface area (Å²) >= 11 is 0. The molecule has 3 aromatic carbocycles. The molecule has 4 rings (SSSR count). The lowest BCUT2D eigenvalue weighted by Crippen LogP contribution is -2.22. The summed E-state index contributed by atoms with van der Waals surface area (Å²) in [5.74, 6) is 2.47. The summed E-state index contributed by atoms with van der Waals surface area (Å²) in [7, 11) is 6.64. The van der Waals surface area contributed by atoms with Gasteiger partial charge in [0.1, 0.15) is 23.1 Å². The Morgan fingerprint density at radius 2 is 1.69 bits per heavy atom. The van der Waals surface area contributed by atoms with E-state index in [0.717, 1.165) is 27.8 Å². The minimum Gasteiger partial charge on any atom is -0.496 e. The number of carbonyl (C=O) groups is 1. The van der Waals surface area contributed by atoms with Crippen LogP contribution in [0, 0.1) is 13.8 Å². The van der Waals surface area contributed by atoms with E-state index in [1.54, 1.807) is 34.4 Å². The number of ether oxygens (including phenoxy) is 2. The Kier molecular flexibility index (Phi) is 7.10. The number of benzene rings is 3. The lowest BCUT2D eigenvalue weighted by Gasteiger charge is -2.19. The van der Waals surface area contributed by atoms with Crippen molar-refractivity contribution in [2.75, 3.05) is 33.6 Å². The summed E-state index contributed by atoms with van der Waals surface area (Å²) in [5.41, 5.74) is 5.39. The van der Waals surface area contributed by atoms with Crippen LogP contribution in [0.2, 0.25) is 0 Å². The third kappa shape index (κ3) is 4.96. The molecule has 1 amide bonds. The molecule has 36 heavy (non-hydrogen) atoms. The van der Waals surface area contributed by atoms with Gasteiger partial charge in [0.15, 0.2) is 0 Å². The highest BCUT2D eigenvalue weighted by Gasteiger charge is 2.19. The zero-order valence-corrected chi connectivity index (χ0v) is 21.8. The fourth-order valence-electron chi connectivity index (χ4n) is 4.28. The van der Waals surface area contributed by atoms with E-state index < -0.39 is 0 Å². The third-order valence-corrected chi connectivity index (χ3v) is 6.17. The molecule has 0 bridgehead atoms. The molecule has 7 heteroatoms. The van der Waals surface area contributed by atoms with E-state index in [-0.39, 0.29) is 11.9 Å². The van der Waals surface area contributed by atoms with Gasteiger partial charge in [-0.05, 0) is 50.1 Å². The Balaban J connectivity index is 1.83. The molecule has 0 aliphatic carbocycles. The SMILES string of the molecule is COc1cc(-c2cc3c(N[C@H](C)c4cccc(C)c4)nc(C)nc3cc2OC)ccc1C(=O)N(C)C. The first-order chi connectivity index (χ1) is 17.2. The van der Waals surface area contributed by atoms with Crippen LogP contribution in [0.15, 0.2) is 54.6 Å². The van der Waals surface area contributed by atoms with Crippen molar-refractivity contribution < 1.29 is 14.3 Å². The number of nitrogens with one attached hydrogen (secondary N) is 1. The van der Waals surface area contributed by atoms with Gasteiger partial charge in [-0.2, -0.15) is 0 Å². The Hall–Kier alpha value is -4.13. The van der Waals surface area contributed by atoms with Crippen LogP contribution in [0.25, 0.3) is 22.0 Å². The highest BCUT2D eigenvalue weighted by atomic mass is 16.5. The minimum absolute atomic E-state index is 0.0457. The average Bonchev–Trinajstić information content (AvgIpc) is 2.86. The van der Waals surface area contributed by atoms with E-state index in [1.165, 1.54) is 16.0 Å². The van der Waals surface area contributed by atoms with Gasteiger partial charge in [-0.15, -0.1) is 0 Å². The van der Waals surface area contributed by atoms with Crippen LogP contribution in [0.5, 0.6) is 11.5 Å². The Morgan fingerprint density at radius 1 is 0.944 bits per heavy atom. The predicted molar refractivity (Wildman–Crippen MR) is 144 cm³/mol. The molecule has 0 aliphatic heterocycles. The summed E-state index contributed by atoms with van der Waals surface area (Å²) in [4.78, 5) is 23.5. The maximum absolute atomic E-state index is 12.6. The third-order valence-electron chi connectivity index (χ3n) is 6.17. The number of hydrogen-bond acceptors (Lipinski definition) is 6. The van der Waals surface area contributed by atoms with Crippen molar-refractivity contribution >= 4 is 22.6 Å². The van der Waals surface area contributed by atoms with Gasteiger partial charge >= 0.3 is 0 Å². The highest BCUT2D eigenvalue weighted by Crippen LogP contribution is 2.38. The van der Waals surface area contributed by atoms with Crippen molar-refractivity contribution in [3.8, 4) is 22.6 Å². The van der Waals surface area contributed by atoms with Gasteiger partial charge in [0, 0.05) is 37.2 Å². The first kappa shape index (κ1) is 25.0. The summed E-state index contributed by atoms with van der Waals surface area (Å²) in [6.45, 7) is 6.09. The van der Waals surface area contributed by atoms with E-state index in [1.807, 2.05) is 31.2 Å². The number of rotatable bonds is 7. The number of anilines is 1. The summed E-state index contributed by atoms with van der Waals surface area (Å²) in [6, 6.07) is 18.0. The molecular formula is C29H32N4O3. The van der Waals surface area contributed by atoms with Gasteiger partial charge in [-0.3, -0.25) is 4.79 Å². The number of amides is 1. The normalized spacial score (nSPS) is 11.8. The monoisotopic (exact) mass is 484 g/mol. The second-order valence-corrected chi connectivity index (χ2v) is 9.08. The number of aryl methyl sites for hydroxylation is 2. The van der Waals surface area contributed by atoms with Crippen molar-refractivity contribution in [2.24, 2.45) is 0 Å². The molecule has 0 fully saturated rings. The molecule has 0 saturated carbocycles. The molecule has 1 N–H and O–H groups in total. The van der Waals surface area contributed by atoms with E-state index >= 15 is 0 Å². The van der Waals surface area contributed by atoms with Crippen LogP contribution >= 0.6 is 0 Å². The van der Waals surface area contributed by atoms with Crippen LogP contribution in [-0.4, -0.2) is 49.1 Å². The van der Waals surface area contributed by atoms with Crippen LogP contribution in [0.4, 0.5) is 5.82 Å². The van der Waals surface area contributed by atoms with Gasteiger partial charge in [0.05, 0.1) is 25.3 Å².